The lowest BCUT2D eigenvalue weighted by Gasteiger charge is -2.36. The van der Waals surface area contributed by atoms with Crippen LogP contribution in [0.25, 0.3) is 0 Å². The lowest BCUT2D eigenvalue weighted by atomic mass is 10.2. The second-order valence-electron chi connectivity index (χ2n) is 8.96. The fourth-order valence-electron chi connectivity index (χ4n) is 4.61. The van der Waals surface area contributed by atoms with Crippen molar-refractivity contribution >= 4 is 23.2 Å². The van der Waals surface area contributed by atoms with Gasteiger partial charge in [0.2, 0.25) is 5.91 Å². The Balaban J connectivity index is 1.13. The molecule has 0 spiro atoms. The molecule has 2 N–H and O–H groups in total. The molecule has 9 heteroatoms. The molecule has 0 bridgehead atoms. The zero-order valence-corrected chi connectivity index (χ0v) is 17.5. The number of rotatable bonds is 5. The van der Waals surface area contributed by atoms with Crippen LogP contribution in [0.4, 0.5) is 24.5 Å². The maximum absolute atomic E-state index is 12.7. The summed E-state index contributed by atoms with van der Waals surface area (Å²) in [4.78, 5) is 31.4. The van der Waals surface area contributed by atoms with E-state index in [4.69, 9.17) is 0 Å². The van der Waals surface area contributed by atoms with Gasteiger partial charge < -0.3 is 20.1 Å². The number of benzene rings is 1. The van der Waals surface area contributed by atoms with Gasteiger partial charge in [0.25, 0.3) is 5.91 Å². The smallest absolute Gasteiger partial charge is 0.368 e. The molecule has 2 aliphatic carbocycles. The maximum Gasteiger partial charge on any atom is 0.417 e. The number of H-pyrrole nitrogens is 1. The van der Waals surface area contributed by atoms with Gasteiger partial charge >= 0.3 is 6.18 Å². The largest absolute Gasteiger partial charge is 0.417 e. The average Bonchev–Trinajstić information content (AvgIpc) is 3.69. The number of anilines is 2. The second-order valence-corrected chi connectivity index (χ2v) is 8.96. The van der Waals surface area contributed by atoms with E-state index in [1.54, 1.807) is 12.1 Å². The number of carbonyl (C=O) groups excluding carboxylic acids is 2. The van der Waals surface area contributed by atoms with Crippen LogP contribution in [0.15, 0.2) is 36.5 Å². The Morgan fingerprint density at radius 1 is 1.03 bits per heavy atom. The summed E-state index contributed by atoms with van der Waals surface area (Å²) in [6.45, 7) is 2.92. The summed E-state index contributed by atoms with van der Waals surface area (Å²) in [6.07, 6.45) is -0.0753. The standard InChI is InChI=1S/C23H25F3N4O2/c24-23(25,26)15-11-20(27-13-15)21(31)28-16-3-5-17(6-4-16)29-7-9-30(10-8-29)22(32)19-12-18(19)14-1-2-14/h3-6,11,13-14,18-19,27H,1-2,7-10,12H2,(H,28,31). The van der Waals surface area contributed by atoms with E-state index in [1.807, 2.05) is 17.0 Å². The summed E-state index contributed by atoms with van der Waals surface area (Å²) in [5.74, 6) is 1.37. The predicted octanol–water partition coefficient (Wildman–Crippen LogP) is 3.98. The second kappa shape index (κ2) is 7.86. The number of piperazine rings is 1. The van der Waals surface area contributed by atoms with Crippen LogP contribution in [0.1, 0.15) is 35.3 Å². The Kier molecular flexibility index (Phi) is 5.14. The van der Waals surface area contributed by atoms with Gasteiger partial charge in [-0.05, 0) is 61.4 Å². The van der Waals surface area contributed by atoms with Crippen LogP contribution in [0, 0.1) is 17.8 Å². The van der Waals surface area contributed by atoms with Crippen LogP contribution in [-0.2, 0) is 11.0 Å². The SMILES string of the molecule is O=C(Nc1ccc(N2CCN(C(=O)C3CC3C3CC3)CC2)cc1)c1cc(C(F)(F)F)c[nH]1. The number of halogens is 3. The van der Waals surface area contributed by atoms with Gasteiger partial charge in [0.1, 0.15) is 5.69 Å². The molecule has 1 aliphatic heterocycles. The van der Waals surface area contributed by atoms with E-state index in [0.717, 1.165) is 43.4 Å². The zero-order valence-electron chi connectivity index (χ0n) is 17.5. The van der Waals surface area contributed by atoms with Crippen LogP contribution in [-0.4, -0.2) is 47.9 Å². The van der Waals surface area contributed by atoms with Crippen LogP contribution in [0.2, 0.25) is 0 Å². The first-order valence-electron chi connectivity index (χ1n) is 11.0. The Labute approximate surface area is 183 Å². The molecule has 2 atom stereocenters. The van der Waals surface area contributed by atoms with E-state index in [0.29, 0.717) is 30.6 Å². The summed E-state index contributed by atoms with van der Waals surface area (Å²) in [6, 6.07) is 7.98. The topological polar surface area (TPSA) is 68.4 Å². The Hall–Kier alpha value is -2.97. The minimum Gasteiger partial charge on any atom is -0.368 e. The molecule has 5 rings (SSSR count). The van der Waals surface area contributed by atoms with Crippen molar-refractivity contribution in [3.05, 3.63) is 47.8 Å². The van der Waals surface area contributed by atoms with Gasteiger partial charge in [-0.2, -0.15) is 13.2 Å². The first kappa shape index (κ1) is 20.9. The Morgan fingerprint density at radius 2 is 1.72 bits per heavy atom. The Bertz CT molecular complexity index is 1000. The minimum atomic E-state index is -4.50. The van der Waals surface area contributed by atoms with Gasteiger partial charge in [-0.3, -0.25) is 9.59 Å². The summed E-state index contributed by atoms with van der Waals surface area (Å²) in [7, 11) is 0. The number of hydrogen-bond acceptors (Lipinski definition) is 3. The van der Waals surface area contributed by atoms with Crippen molar-refractivity contribution in [3.63, 3.8) is 0 Å². The number of hydrogen-bond donors (Lipinski definition) is 2. The number of aromatic amines is 1. The number of amides is 2. The molecule has 32 heavy (non-hydrogen) atoms. The highest BCUT2D eigenvalue weighted by Crippen LogP contribution is 2.54. The molecule has 2 saturated carbocycles. The molecule has 3 fully saturated rings. The fraction of sp³-hybridized carbons (Fsp3) is 0.478. The minimum absolute atomic E-state index is 0.151. The van der Waals surface area contributed by atoms with Gasteiger partial charge in [-0.1, -0.05) is 0 Å². The van der Waals surface area contributed by atoms with Crippen LogP contribution >= 0.6 is 0 Å². The molecule has 1 aromatic heterocycles. The quantitative estimate of drug-likeness (QED) is 0.730. The molecule has 1 aromatic carbocycles. The summed E-state index contributed by atoms with van der Waals surface area (Å²) in [5.41, 5.74) is 0.439. The third-order valence-corrected chi connectivity index (χ3v) is 6.72. The molecular formula is C23H25F3N4O2. The van der Waals surface area contributed by atoms with Gasteiger partial charge in [0.05, 0.1) is 5.56 Å². The highest BCUT2D eigenvalue weighted by atomic mass is 19.4. The van der Waals surface area contributed by atoms with Crippen molar-refractivity contribution in [2.24, 2.45) is 17.8 Å². The number of aromatic nitrogens is 1. The van der Waals surface area contributed by atoms with E-state index in [9.17, 15) is 22.8 Å². The van der Waals surface area contributed by atoms with E-state index in [2.05, 4.69) is 15.2 Å². The lowest BCUT2D eigenvalue weighted by Crippen LogP contribution is -2.49. The zero-order chi connectivity index (χ0) is 22.5. The molecule has 2 unspecified atom stereocenters. The normalized spacial score (nSPS) is 23.2. The highest BCUT2D eigenvalue weighted by molar-refractivity contribution is 6.03. The van der Waals surface area contributed by atoms with E-state index in [-0.39, 0.29) is 11.6 Å². The van der Waals surface area contributed by atoms with Crippen molar-refractivity contribution in [2.45, 2.75) is 25.4 Å². The van der Waals surface area contributed by atoms with Gasteiger partial charge in [0, 0.05) is 49.7 Å². The maximum atomic E-state index is 12.7. The molecule has 170 valence electrons. The third kappa shape index (κ3) is 4.33. The first-order chi connectivity index (χ1) is 15.3. The van der Waals surface area contributed by atoms with Crippen molar-refractivity contribution in [1.82, 2.24) is 9.88 Å². The van der Waals surface area contributed by atoms with Crippen molar-refractivity contribution in [1.29, 1.82) is 0 Å². The molecule has 2 aromatic rings. The van der Waals surface area contributed by atoms with Crippen LogP contribution in [0.5, 0.6) is 0 Å². The molecule has 2 heterocycles. The summed E-state index contributed by atoms with van der Waals surface area (Å²) < 4.78 is 38.1. The van der Waals surface area contributed by atoms with Crippen molar-refractivity contribution in [3.8, 4) is 0 Å². The molecule has 6 nitrogen and oxygen atoms in total. The van der Waals surface area contributed by atoms with Crippen LogP contribution in [0.3, 0.4) is 0 Å². The fourth-order valence-corrected chi connectivity index (χ4v) is 4.61. The van der Waals surface area contributed by atoms with E-state index < -0.39 is 17.6 Å². The van der Waals surface area contributed by atoms with E-state index >= 15 is 0 Å². The van der Waals surface area contributed by atoms with Gasteiger partial charge in [-0.25, -0.2) is 0 Å². The summed E-state index contributed by atoms with van der Waals surface area (Å²) in [5, 5.41) is 2.60. The highest BCUT2D eigenvalue weighted by Gasteiger charge is 2.52. The Morgan fingerprint density at radius 3 is 2.31 bits per heavy atom. The van der Waals surface area contributed by atoms with Crippen LogP contribution < -0.4 is 10.2 Å². The van der Waals surface area contributed by atoms with Gasteiger partial charge in [-0.15, -0.1) is 0 Å². The molecule has 3 aliphatic rings. The van der Waals surface area contributed by atoms with E-state index in [1.165, 1.54) is 12.8 Å². The molecular weight excluding hydrogens is 421 g/mol. The van der Waals surface area contributed by atoms with Crippen molar-refractivity contribution in [2.75, 3.05) is 36.4 Å². The molecule has 0 radical (unpaired) electrons. The third-order valence-electron chi connectivity index (χ3n) is 6.72. The van der Waals surface area contributed by atoms with Gasteiger partial charge in [0.15, 0.2) is 0 Å². The first-order valence-corrected chi connectivity index (χ1v) is 11.0. The predicted molar refractivity (Wildman–Crippen MR) is 113 cm³/mol. The summed E-state index contributed by atoms with van der Waals surface area (Å²) >= 11 is 0. The number of carbonyl (C=O) groups is 2. The monoisotopic (exact) mass is 446 g/mol. The number of nitrogens with zero attached hydrogens (tertiary/aromatic N) is 2. The number of nitrogens with one attached hydrogen (secondary N) is 2. The molecule has 2 amide bonds. The lowest BCUT2D eigenvalue weighted by molar-refractivity contribution is -0.137. The van der Waals surface area contributed by atoms with Crippen molar-refractivity contribution < 1.29 is 22.8 Å². The number of alkyl halides is 3. The molecule has 1 saturated heterocycles. The average molecular weight is 446 g/mol.